The summed E-state index contributed by atoms with van der Waals surface area (Å²) in [6.07, 6.45) is 10.7. The van der Waals surface area contributed by atoms with Gasteiger partial charge in [0.2, 0.25) is 5.69 Å². The Morgan fingerprint density at radius 1 is 1.22 bits per heavy atom. The van der Waals surface area contributed by atoms with Crippen LogP contribution in [-0.4, -0.2) is 23.4 Å². The molecule has 0 saturated heterocycles. The molecule has 4 rings (SSSR count). The molecule has 1 unspecified atom stereocenters. The maximum absolute atomic E-state index is 13.3. The third-order valence-electron chi connectivity index (χ3n) is 5.17. The lowest BCUT2D eigenvalue weighted by Crippen LogP contribution is -2.53. The van der Waals surface area contributed by atoms with E-state index in [1.54, 1.807) is 37.5 Å². The Hall–Kier alpha value is -2.44. The van der Waals surface area contributed by atoms with Gasteiger partial charge in [-0.1, -0.05) is 57.8 Å². The number of nitrogens with zero attached hydrogens (tertiary/aromatic N) is 3. The molecule has 0 spiro atoms. The van der Waals surface area contributed by atoms with Crippen LogP contribution in [0.5, 0.6) is 0 Å². The quantitative estimate of drug-likeness (QED) is 0.741. The topological polar surface area (TPSA) is 67.5 Å². The van der Waals surface area contributed by atoms with Crippen molar-refractivity contribution in [2.75, 3.05) is 0 Å². The number of nitrogens with one attached hydrogen (secondary N) is 1. The average molecular weight is 386 g/mol. The van der Waals surface area contributed by atoms with Gasteiger partial charge in [-0.15, -0.1) is 0 Å². The van der Waals surface area contributed by atoms with Crippen LogP contribution in [0.4, 0.5) is 10.5 Å². The summed E-state index contributed by atoms with van der Waals surface area (Å²) >= 11 is 6.01. The minimum Gasteiger partial charge on any atom is -0.354 e. The first-order valence-corrected chi connectivity index (χ1v) is 9.64. The summed E-state index contributed by atoms with van der Waals surface area (Å²) in [4.78, 5) is 13.3. The van der Waals surface area contributed by atoms with Crippen molar-refractivity contribution in [1.29, 1.82) is 0 Å². The van der Waals surface area contributed by atoms with E-state index in [0.29, 0.717) is 22.2 Å². The van der Waals surface area contributed by atoms with E-state index in [1.165, 1.54) is 6.42 Å². The second-order valence-corrected chi connectivity index (χ2v) is 7.46. The van der Waals surface area contributed by atoms with E-state index in [-0.39, 0.29) is 16.7 Å². The number of carbonyl (C=O) groups excluding carboxylic acids is 1. The Morgan fingerprint density at radius 2 is 1.96 bits per heavy atom. The highest BCUT2D eigenvalue weighted by atomic mass is 35.5. The Kier molecular flexibility index (Phi) is 4.85. The highest BCUT2D eigenvalue weighted by molar-refractivity contribution is 6.30. The van der Waals surface area contributed by atoms with Crippen LogP contribution in [0.25, 0.3) is 11.3 Å². The fraction of sp³-hybridized carbons (Fsp3) is 0.350. The first-order chi connectivity index (χ1) is 13.1. The van der Waals surface area contributed by atoms with Crippen LogP contribution in [0.3, 0.4) is 0 Å². The van der Waals surface area contributed by atoms with Gasteiger partial charge >= 0.3 is 6.03 Å². The van der Waals surface area contributed by atoms with Gasteiger partial charge in [0.15, 0.2) is 11.5 Å². The van der Waals surface area contributed by atoms with E-state index in [2.05, 4.69) is 15.6 Å². The fourth-order valence-corrected chi connectivity index (χ4v) is 3.91. The van der Waals surface area contributed by atoms with Gasteiger partial charge < -0.3 is 4.52 Å². The van der Waals surface area contributed by atoms with Crippen molar-refractivity contribution in [1.82, 2.24) is 15.1 Å². The lowest BCUT2D eigenvalue weighted by molar-refractivity contribution is 0.209. The van der Waals surface area contributed by atoms with Crippen LogP contribution in [0.15, 0.2) is 46.2 Å². The number of quaternary nitrogens is 1. The van der Waals surface area contributed by atoms with Crippen LogP contribution < -0.4 is 9.91 Å². The molecule has 1 aliphatic heterocycles. The molecule has 1 saturated carbocycles. The van der Waals surface area contributed by atoms with Gasteiger partial charge in [0.25, 0.3) is 0 Å². The summed E-state index contributed by atoms with van der Waals surface area (Å²) in [5.74, 6) is 0.558. The lowest BCUT2D eigenvalue weighted by atomic mass is 9.96. The molecule has 1 aliphatic carbocycles. The zero-order chi connectivity index (χ0) is 18.9. The Balaban J connectivity index is 1.73. The number of allylic oxidation sites excluding steroid dienone is 1. The molecular formula is C20H22ClN4O2+. The zero-order valence-electron chi connectivity index (χ0n) is 15.2. The van der Waals surface area contributed by atoms with Crippen molar-refractivity contribution >= 4 is 29.5 Å². The van der Waals surface area contributed by atoms with Crippen molar-refractivity contribution in [2.45, 2.75) is 45.1 Å². The molecule has 140 valence electrons. The molecular weight excluding hydrogens is 364 g/mol. The Morgan fingerprint density at radius 3 is 2.63 bits per heavy atom. The maximum atomic E-state index is 13.3. The molecule has 1 fully saturated rings. The van der Waals surface area contributed by atoms with Crippen molar-refractivity contribution in [3.8, 4) is 11.3 Å². The first kappa shape index (κ1) is 17.9. The number of benzene rings is 1. The van der Waals surface area contributed by atoms with Gasteiger partial charge in [0, 0.05) is 29.6 Å². The standard InChI is InChI=1S/C20H21ClN4O2/c1-14-19(18(24-27-14)15-8-10-16(21)11-9-15)25(13-5-12-22-25)20(26)23-17-6-3-2-4-7-17/h5,8-13,17H,2-4,6-7H2,1H3/p+1. The van der Waals surface area contributed by atoms with Crippen molar-refractivity contribution in [3.05, 3.63) is 47.3 Å². The van der Waals surface area contributed by atoms with Crippen molar-refractivity contribution in [3.63, 3.8) is 0 Å². The van der Waals surface area contributed by atoms with Gasteiger partial charge in [-0.05, 0) is 25.0 Å². The molecule has 27 heavy (non-hydrogen) atoms. The van der Waals surface area contributed by atoms with Gasteiger partial charge in [-0.25, -0.2) is 4.79 Å². The van der Waals surface area contributed by atoms with Crippen LogP contribution in [0.1, 0.15) is 37.9 Å². The van der Waals surface area contributed by atoms with Gasteiger partial charge in [-0.3, -0.25) is 5.32 Å². The highest BCUT2D eigenvalue weighted by Crippen LogP contribution is 2.40. The predicted molar refractivity (Wildman–Crippen MR) is 107 cm³/mol. The number of hydrogen-bond acceptors (Lipinski definition) is 4. The molecule has 1 N–H and O–H groups in total. The van der Waals surface area contributed by atoms with E-state index in [9.17, 15) is 4.79 Å². The molecule has 2 aliphatic rings. The predicted octanol–water partition coefficient (Wildman–Crippen LogP) is 5.17. The molecule has 2 amide bonds. The largest absolute Gasteiger partial charge is 0.453 e. The number of aryl methyl sites for hydroxylation is 1. The Labute approximate surface area is 163 Å². The molecule has 2 aromatic rings. The highest BCUT2D eigenvalue weighted by Gasteiger charge is 2.47. The van der Waals surface area contributed by atoms with E-state index in [0.717, 1.165) is 31.2 Å². The molecule has 7 heteroatoms. The maximum Gasteiger partial charge on any atom is 0.453 e. The van der Waals surface area contributed by atoms with E-state index >= 15 is 0 Å². The molecule has 6 nitrogen and oxygen atoms in total. The van der Waals surface area contributed by atoms with Gasteiger partial charge in [-0.2, -0.15) is 0 Å². The normalized spacial score (nSPS) is 22.3. The number of rotatable bonds is 3. The number of urea groups is 1. The van der Waals surface area contributed by atoms with Crippen LogP contribution >= 0.6 is 11.6 Å². The summed E-state index contributed by atoms with van der Waals surface area (Å²) in [6.45, 7) is 1.80. The van der Waals surface area contributed by atoms with Crippen LogP contribution in [0, 0.1) is 6.92 Å². The summed E-state index contributed by atoms with van der Waals surface area (Å²) in [5, 5.41) is 12.5. The second-order valence-electron chi connectivity index (χ2n) is 7.02. The third kappa shape index (κ3) is 3.31. The second kappa shape index (κ2) is 7.29. The first-order valence-electron chi connectivity index (χ1n) is 9.26. The average Bonchev–Trinajstić information content (AvgIpc) is 3.31. The molecule has 1 aromatic heterocycles. The summed E-state index contributed by atoms with van der Waals surface area (Å²) in [6, 6.07) is 7.31. The molecule has 1 atom stereocenters. The summed E-state index contributed by atoms with van der Waals surface area (Å²) in [5.41, 5.74) is 2.03. The van der Waals surface area contributed by atoms with Crippen molar-refractivity contribution in [2.24, 2.45) is 5.10 Å². The molecule has 0 radical (unpaired) electrons. The zero-order valence-corrected chi connectivity index (χ0v) is 15.9. The monoisotopic (exact) mass is 385 g/mol. The van der Waals surface area contributed by atoms with Crippen LogP contribution in [0.2, 0.25) is 5.02 Å². The molecule has 0 bridgehead atoms. The number of aromatic nitrogens is 1. The number of hydrogen-bond donors (Lipinski definition) is 1. The van der Waals surface area contributed by atoms with Crippen molar-refractivity contribution < 1.29 is 9.32 Å². The minimum absolute atomic E-state index is 0.185. The summed E-state index contributed by atoms with van der Waals surface area (Å²) < 4.78 is 5.16. The van der Waals surface area contributed by atoms with Crippen LogP contribution in [-0.2, 0) is 0 Å². The number of halogens is 1. The van der Waals surface area contributed by atoms with E-state index in [1.807, 2.05) is 12.1 Å². The summed E-state index contributed by atoms with van der Waals surface area (Å²) in [7, 11) is 0. The SMILES string of the molecule is Cc1onc(-c2ccc(Cl)cc2)c1[N+]1(C(=O)NC2CCCCC2)C=CC=N1. The minimum atomic E-state index is -0.316. The lowest BCUT2D eigenvalue weighted by Gasteiger charge is -2.27. The third-order valence-corrected chi connectivity index (χ3v) is 5.42. The smallest absolute Gasteiger partial charge is 0.354 e. The molecule has 2 heterocycles. The fourth-order valence-electron chi connectivity index (χ4n) is 3.79. The Bertz CT molecular complexity index is 883. The number of carbonyl (C=O) groups is 1. The van der Waals surface area contributed by atoms with E-state index < -0.39 is 0 Å². The molecule has 1 aromatic carbocycles. The van der Waals surface area contributed by atoms with Gasteiger partial charge in [0.05, 0.1) is 6.21 Å². The van der Waals surface area contributed by atoms with E-state index in [4.69, 9.17) is 16.1 Å². The van der Waals surface area contributed by atoms with Gasteiger partial charge in [0.1, 0.15) is 6.20 Å². The number of amides is 2.